The second-order valence-electron chi connectivity index (χ2n) is 1.89. The monoisotopic (exact) mass is 153 g/mol. The van der Waals surface area contributed by atoms with Gasteiger partial charge in [0.25, 0.3) is 5.91 Å². The Balaban J connectivity index is 3.05. The van der Waals surface area contributed by atoms with Gasteiger partial charge in [-0.1, -0.05) is 6.07 Å². The molecule has 0 saturated heterocycles. The number of carbonyl (C=O) groups is 1. The molecule has 0 saturated carbocycles. The summed E-state index contributed by atoms with van der Waals surface area (Å²) < 4.78 is 4.56. The predicted octanol–water partition coefficient (Wildman–Crippen LogP) is -0.000600. The van der Waals surface area contributed by atoms with Crippen LogP contribution in [0.3, 0.4) is 0 Å². The van der Waals surface area contributed by atoms with Crippen LogP contribution in [0.15, 0.2) is 27.4 Å². The molecule has 0 fully saturated rings. The standard InChI is InChI=1S/C7H7NO3/c1-8-7(10)5-3-2-4-6(9)11-5/h2-4H,1H3,(H,8,10). The SMILES string of the molecule is CNC(=O)c1cccc(=O)o1. The maximum Gasteiger partial charge on any atom is 0.336 e. The van der Waals surface area contributed by atoms with E-state index in [9.17, 15) is 9.59 Å². The molecule has 0 spiro atoms. The van der Waals surface area contributed by atoms with Crippen LogP contribution in [0.2, 0.25) is 0 Å². The van der Waals surface area contributed by atoms with E-state index in [0.29, 0.717) is 0 Å². The lowest BCUT2D eigenvalue weighted by Crippen LogP contribution is -2.19. The fraction of sp³-hybridized carbons (Fsp3) is 0.143. The maximum atomic E-state index is 10.8. The number of hydrogen-bond donors (Lipinski definition) is 1. The Hall–Kier alpha value is -1.58. The van der Waals surface area contributed by atoms with Gasteiger partial charge in [0, 0.05) is 13.1 Å². The molecule has 0 bridgehead atoms. The summed E-state index contributed by atoms with van der Waals surface area (Å²) in [6, 6.07) is 4.14. The molecule has 1 amide bonds. The molecule has 1 aromatic heterocycles. The van der Waals surface area contributed by atoms with Gasteiger partial charge in [0.2, 0.25) is 0 Å². The molecule has 58 valence electrons. The third kappa shape index (κ3) is 1.67. The second-order valence-corrected chi connectivity index (χ2v) is 1.89. The summed E-state index contributed by atoms with van der Waals surface area (Å²) in [5.41, 5.74) is -0.522. The molecule has 0 atom stereocenters. The number of amides is 1. The van der Waals surface area contributed by atoms with Crippen molar-refractivity contribution in [2.75, 3.05) is 7.05 Å². The zero-order valence-electron chi connectivity index (χ0n) is 5.96. The first-order chi connectivity index (χ1) is 5.24. The molecule has 0 aromatic carbocycles. The van der Waals surface area contributed by atoms with Crippen LogP contribution in [-0.4, -0.2) is 13.0 Å². The average Bonchev–Trinajstić information content (AvgIpc) is 2.03. The highest BCUT2D eigenvalue weighted by Crippen LogP contribution is 1.92. The minimum atomic E-state index is -0.522. The summed E-state index contributed by atoms with van der Waals surface area (Å²) in [4.78, 5) is 21.4. The van der Waals surface area contributed by atoms with Gasteiger partial charge >= 0.3 is 5.63 Å². The minimum Gasteiger partial charge on any atom is -0.417 e. The van der Waals surface area contributed by atoms with Crippen molar-refractivity contribution in [1.82, 2.24) is 5.32 Å². The summed E-state index contributed by atoms with van der Waals surface area (Å²) in [6.45, 7) is 0. The van der Waals surface area contributed by atoms with Gasteiger partial charge in [-0.15, -0.1) is 0 Å². The van der Waals surface area contributed by atoms with Crippen molar-refractivity contribution < 1.29 is 9.21 Å². The molecule has 0 aliphatic heterocycles. The van der Waals surface area contributed by atoms with Crippen molar-refractivity contribution >= 4 is 5.91 Å². The highest BCUT2D eigenvalue weighted by Gasteiger charge is 2.03. The Morgan fingerprint density at radius 1 is 1.55 bits per heavy atom. The first-order valence-corrected chi connectivity index (χ1v) is 3.06. The van der Waals surface area contributed by atoms with Crippen molar-refractivity contribution in [3.05, 3.63) is 34.4 Å². The van der Waals surface area contributed by atoms with Crippen LogP contribution < -0.4 is 10.9 Å². The molecule has 0 unspecified atom stereocenters. The summed E-state index contributed by atoms with van der Waals surface area (Å²) in [7, 11) is 1.47. The molecule has 1 heterocycles. The normalized spacial score (nSPS) is 9.18. The van der Waals surface area contributed by atoms with Gasteiger partial charge in [-0.3, -0.25) is 4.79 Å². The number of rotatable bonds is 1. The Morgan fingerprint density at radius 2 is 2.27 bits per heavy atom. The Kier molecular flexibility index (Phi) is 2.06. The lowest BCUT2D eigenvalue weighted by Gasteiger charge is -1.94. The van der Waals surface area contributed by atoms with Gasteiger partial charge in [0.05, 0.1) is 0 Å². The molecule has 4 heteroatoms. The molecule has 1 aromatic rings. The molecular weight excluding hydrogens is 146 g/mol. The second kappa shape index (κ2) is 3.01. The van der Waals surface area contributed by atoms with E-state index in [-0.39, 0.29) is 5.76 Å². The smallest absolute Gasteiger partial charge is 0.336 e. The molecule has 1 rings (SSSR count). The van der Waals surface area contributed by atoms with E-state index in [2.05, 4.69) is 9.73 Å². The Morgan fingerprint density at radius 3 is 2.82 bits per heavy atom. The highest BCUT2D eigenvalue weighted by molar-refractivity contribution is 5.90. The minimum absolute atomic E-state index is 0.0278. The van der Waals surface area contributed by atoms with Crippen LogP contribution in [-0.2, 0) is 0 Å². The first kappa shape index (κ1) is 7.53. The summed E-state index contributed by atoms with van der Waals surface area (Å²) in [6.07, 6.45) is 0. The molecule has 0 aliphatic carbocycles. The van der Waals surface area contributed by atoms with Gasteiger partial charge in [-0.2, -0.15) is 0 Å². The van der Waals surface area contributed by atoms with Gasteiger partial charge in [-0.25, -0.2) is 4.79 Å². The molecule has 4 nitrogen and oxygen atoms in total. The Labute approximate surface area is 62.8 Å². The lowest BCUT2D eigenvalue weighted by molar-refractivity contribution is 0.0931. The zero-order chi connectivity index (χ0) is 8.27. The Bertz CT molecular complexity index is 315. The van der Waals surface area contributed by atoms with Crippen LogP contribution in [0.4, 0.5) is 0 Å². The van der Waals surface area contributed by atoms with Crippen LogP contribution in [0.5, 0.6) is 0 Å². The molecular formula is C7H7NO3. The van der Waals surface area contributed by atoms with E-state index in [0.717, 1.165) is 0 Å². The molecule has 11 heavy (non-hydrogen) atoms. The topological polar surface area (TPSA) is 59.3 Å². The predicted molar refractivity (Wildman–Crippen MR) is 38.4 cm³/mol. The van der Waals surface area contributed by atoms with Crippen molar-refractivity contribution in [2.24, 2.45) is 0 Å². The van der Waals surface area contributed by atoms with Crippen LogP contribution in [0.25, 0.3) is 0 Å². The van der Waals surface area contributed by atoms with Crippen LogP contribution >= 0.6 is 0 Å². The van der Waals surface area contributed by atoms with Crippen LogP contribution in [0, 0.1) is 0 Å². The zero-order valence-corrected chi connectivity index (χ0v) is 5.96. The highest BCUT2D eigenvalue weighted by atomic mass is 16.4. The number of carbonyl (C=O) groups excluding carboxylic acids is 1. The van der Waals surface area contributed by atoms with Crippen molar-refractivity contribution in [2.45, 2.75) is 0 Å². The number of nitrogens with one attached hydrogen (secondary N) is 1. The lowest BCUT2D eigenvalue weighted by atomic mass is 10.4. The van der Waals surface area contributed by atoms with E-state index >= 15 is 0 Å². The quantitative estimate of drug-likeness (QED) is 0.617. The van der Waals surface area contributed by atoms with Gasteiger partial charge in [0.15, 0.2) is 5.76 Å². The number of hydrogen-bond acceptors (Lipinski definition) is 3. The van der Waals surface area contributed by atoms with Gasteiger partial charge in [-0.05, 0) is 6.07 Å². The fourth-order valence-electron chi connectivity index (χ4n) is 0.636. The first-order valence-electron chi connectivity index (χ1n) is 3.06. The largest absolute Gasteiger partial charge is 0.417 e. The van der Waals surface area contributed by atoms with E-state index in [1.807, 2.05) is 0 Å². The van der Waals surface area contributed by atoms with Gasteiger partial charge < -0.3 is 9.73 Å². The summed E-state index contributed by atoms with van der Waals surface area (Å²) >= 11 is 0. The molecule has 0 aliphatic rings. The van der Waals surface area contributed by atoms with Crippen molar-refractivity contribution in [1.29, 1.82) is 0 Å². The molecule has 1 N–H and O–H groups in total. The van der Waals surface area contributed by atoms with E-state index in [4.69, 9.17) is 0 Å². The van der Waals surface area contributed by atoms with E-state index in [1.54, 1.807) is 0 Å². The summed E-state index contributed by atoms with van der Waals surface area (Å²) in [5.74, 6) is -0.372. The van der Waals surface area contributed by atoms with Crippen molar-refractivity contribution in [3.63, 3.8) is 0 Å². The van der Waals surface area contributed by atoms with E-state index < -0.39 is 11.5 Å². The third-order valence-corrected chi connectivity index (χ3v) is 1.14. The summed E-state index contributed by atoms with van der Waals surface area (Å²) in [5, 5.41) is 2.34. The molecule has 0 radical (unpaired) electrons. The fourth-order valence-corrected chi connectivity index (χ4v) is 0.636. The maximum absolute atomic E-state index is 10.8. The van der Waals surface area contributed by atoms with Crippen LogP contribution in [0.1, 0.15) is 10.6 Å². The average molecular weight is 153 g/mol. The third-order valence-electron chi connectivity index (χ3n) is 1.14. The van der Waals surface area contributed by atoms with Gasteiger partial charge in [0.1, 0.15) is 0 Å². The van der Waals surface area contributed by atoms with E-state index in [1.165, 1.54) is 25.2 Å². The van der Waals surface area contributed by atoms with Crippen molar-refractivity contribution in [3.8, 4) is 0 Å².